The van der Waals surface area contributed by atoms with Gasteiger partial charge in [-0.1, -0.05) is 36.4 Å². The van der Waals surface area contributed by atoms with E-state index in [1.54, 1.807) is 12.1 Å². The Hall–Kier alpha value is -3.96. The van der Waals surface area contributed by atoms with E-state index in [2.05, 4.69) is 16.7 Å². The van der Waals surface area contributed by atoms with Gasteiger partial charge in [-0.15, -0.1) is 11.3 Å². The molecule has 2 N–H and O–H groups in total. The van der Waals surface area contributed by atoms with Gasteiger partial charge in [-0.05, 0) is 36.6 Å². The number of nitrogens with one attached hydrogen (secondary N) is 2. The van der Waals surface area contributed by atoms with Crippen molar-refractivity contribution in [1.82, 2.24) is 14.9 Å². The van der Waals surface area contributed by atoms with Crippen molar-refractivity contribution in [1.29, 1.82) is 5.26 Å². The Morgan fingerprint density at radius 2 is 2.00 bits per heavy atom. The maximum absolute atomic E-state index is 13.4. The SMILES string of the molecule is N#CCn1c(CNc2cccc(C(=O)NC3CC3)c2)nc2scc(-c3ccccc3)c2c1=O. The van der Waals surface area contributed by atoms with Crippen LogP contribution in [-0.4, -0.2) is 21.5 Å². The molecule has 7 nitrogen and oxygen atoms in total. The third-order valence-corrected chi connectivity index (χ3v) is 6.45. The van der Waals surface area contributed by atoms with E-state index in [0.29, 0.717) is 21.6 Å². The number of carbonyl (C=O) groups is 1. The molecule has 0 radical (unpaired) electrons. The molecule has 0 unspecified atom stereocenters. The number of anilines is 1. The van der Waals surface area contributed by atoms with Crippen molar-refractivity contribution in [3.8, 4) is 17.2 Å². The van der Waals surface area contributed by atoms with Crippen LogP contribution < -0.4 is 16.2 Å². The number of nitrogens with zero attached hydrogens (tertiary/aromatic N) is 3. The van der Waals surface area contributed by atoms with Gasteiger partial charge in [-0.3, -0.25) is 14.2 Å². The Morgan fingerprint density at radius 1 is 1.18 bits per heavy atom. The van der Waals surface area contributed by atoms with E-state index in [0.717, 1.165) is 29.7 Å². The normalized spacial score (nSPS) is 12.9. The van der Waals surface area contributed by atoms with Gasteiger partial charge in [0.1, 0.15) is 17.2 Å². The molecule has 0 spiro atoms. The molecule has 1 saturated carbocycles. The second kappa shape index (κ2) is 8.88. The minimum atomic E-state index is -0.226. The second-order valence-corrected chi connectivity index (χ2v) is 8.81. The van der Waals surface area contributed by atoms with Crippen LogP contribution in [0, 0.1) is 11.3 Å². The Labute approximate surface area is 194 Å². The molecular formula is C25H21N5O2S. The van der Waals surface area contributed by atoms with Crippen LogP contribution >= 0.6 is 11.3 Å². The van der Waals surface area contributed by atoms with Crippen molar-refractivity contribution >= 4 is 33.1 Å². The molecule has 2 aromatic carbocycles. The van der Waals surface area contributed by atoms with E-state index >= 15 is 0 Å². The largest absolute Gasteiger partial charge is 0.378 e. The standard InChI is InChI=1S/C25H21N5O2S/c26-11-12-30-21(14-27-19-8-4-7-17(13-19)23(31)28-18-9-10-18)29-24-22(25(30)32)20(15-33-24)16-5-2-1-3-6-16/h1-8,13,15,18,27H,9-10,12,14H2,(H,28,31). The lowest BCUT2D eigenvalue weighted by atomic mass is 10.1. The summed E-state index contributed by atoms with van der Waals surface area (Å²) < 4.78 is 1.41. The highest BCUT2D eigenvalue weighted by atomic mass is 32.1. The fraction of sp³-hybridized carbons (Fsp3) is 0.200. The number of thiophene rings is 1. The number of benzene rings is 2. The van der Waals surface area contributed by atoms with Crippen molar-refractivity contribution in [3.05, 3.63) is 81.7 Å². The van der Waals surface area contributed by atoms with E-state index in [1.165, 1.54) is 15.9 Å². The van der Waals surface area contributed by atoms with Crippen molar-refractivity contribution in [2.75, 3.05) is 5.32 Å². The highest BCUT2D eigenvalue weighted by Crippen LogP contribution is 2.31. The topological polar surface area (TPSA) is 99.8 Å². The molecule has 2 heterocycles. The van der Waals surface area contributed by atoms with Gasteiger partial charge in [0, 0.05) is 28.2 Å². The van der Waals surface area contributed by atoms with Crippen LogP contribution in [-0.2, 0) is 13.1 Å². The second-order valence-electron chi connectivity index (χ2n) is 7.96. The van der Waals surface area contributed by atoms with Gasteiger partial charge in [-0.25, -0.2) is 4.98 Å². The van der Waals surface area contributed by atoms with Gasteiger partial charge in [0.2, 0.25) is 0 Å². The predicted octanol–water partition coefficient (Wildman–Crippen LogP) is 4.15. The fourth-order valence-electron chi connectivity index (χ4n) is 3.71. The smallest absolute Gasteiger partial charge is 0.263 e. The summed E-state index contributed by atoms with van der Waals surface area (Å²) in [5, 5.41) is 18.0. The third kappa shape index (κ3) is 4.36. The summed E-state index contributed by atoms with van der Waals surface area (Å²) in [6, 6.07) is 19.3. The highest BCUT2D eigenvalue weighted by Gasteiger charge is 2.24. The molecule has 0 aliphatic heterocycles. The molecule has 1 amide bonds. The number of nitriles is 1. The monoisotopic (exact) mass is 455 g/mol. The summed E-state index contributed by atoms with van der Waals surface area (Å²) in [5.74, 6) is 0.387. The number of hydrogen-bond acceptors (Lipinski definition) is 6. The molecule has 5 rings (SSSR count). The van der Waals surface area contributed by atoms with Gasteiger partial charge in [0.05, 0.1) is 18.0 Å². The number of rotatable bonds is 7. The van der Waals surface area contributed by atoms with Crippen LogP contribution in [0.5, 0.6) is 0 Å². The lowest BCUT2D eigenvalue weighted by Crippen LogP contribution is -2.26. The number of amides is 1. The molecule has 164 valence electrons. The molecule has 0 bridgehead atoms. The third-order valence-electron chi connectivity index (χ3n) is 5.57. The minimum absolute atomic E-state index is 0.0888. The Bertz CT molecular complexity index is 1430. The van der Waals surface area contributed by atoms with E-state index in [9.17, 15) is 14.9 Å². The van der Waals surface area contributed by atoms with E-state index in [-0.39, 0.29) is 30.6 Å². The maximum Gasteiger partial charge on any atom is 0.263 e. The Balaban J connectivity index is 1.45. The summed E-state index contributed by atoms with van der Waals surface area (Å²) in [7, 11) is 0. The van der Waals surface area contributed by atoms with Crippen LogP contribution in [0.25, 0.3) is 21.3 Å². The molecule has 0 atom stereocenters. The van der Waals surface area contributed by atoms with Gasteiger partial charge < -0.3 is 10.6 Å². The van der Waals surface area contributed by atoms with Crippen LogP contribution in [0.3, 0.4) is 0 Å². The van der Waals surface area contributed by atoms with Crippen molar-refractivity contribution < 1.29 is 4.79 Å². The maximum atomic E-state index is 13.4. The summed E-state index contributed by atoms with van der Waals surface area (Å²) in [4.78, 5) is 31.0. The number of hydrogen-bond donors (Lipinski definition) is 2. The zero-order valence-electron chi connectivity index (χ0n) is 17.7. The van der Waals surface area contributed by atoms with Gasteiger partial charge in [0.25, 0.3) is 11.5 Å². The van der Waals surface area contributed by atoms with Crippen molar-refractivity contribution in [3.63, 3.8) is 0 Å². The van der Waals surface area contributed by atoms with Crippen LogP contribution in [0.2, 0.25) is 0 Å². The summed E-state index contributed by atoms with van der Waals surface area (Å²) in [5.41, 5.74) is 2.87. The molecule has 2 aromatic heterocycles. The van der Waals surface area contributed by atoms with Crippen LogP contribution in [0.1, 0.15) is 29.0 Å². The van der Waals surface area contributed by atoms with Crippen molar-refractivity contribution in [2.45, 2.75) is 32.0 Å². The highest BCUT2D eigenvalue weighted by molar-refractivity contribution is 7.17. The number of carbonyl (C=O) groups excluding carboxylic acids is 1. The summed E-state index contributed by atoms with van der Waals surface area (Å²) >= 11 is 1.42. The first-order valence-electron chi connectivity index (χ1n) is 10.7. The average molecular weight is 456 g/mol. The number of fused-ring (bicyclic) bond motifs is 1. The molecular weight excluding hydrogens is 434 g/mol. The van der Waals surface area contributed by atoms with Gasteiger partial charge >= 0.3 is 0 Å². The van der Waals surface area contributed by atoms with Crippen LogP contribution in [0.15, 0.2) is 64.8 Å². The van der Waals surface area contributed by atoms with Crippen molar-refractivity contribution in [2.24, 2.45) is 0 Å². The first kappa shape index (κ1) is 20.9. The fourth-order valence-corrected chi connectivity index (χ4v) is 4.67. The molecule has 1 aliphatic carbocycles. The molecule has 4 aromatic rings. The van der Waals surface area contributed by atoms with E-state index in [4.69, 9.17) is 4.98 Å². The summed E-state index contributed by atoms with van der Waals surface area (Å²) in [6.45, 7) is 0.159. The zero-order chi connectivity index (χ0) is 22.8. The lowest BCUT2D eigenvalue weighted by Gasteiger charge is -2.12. The zero-order valence-corrected chi connectivity index (χ0v) is 18.6. The summed E-state index contributed by atoms with van der Waals surface area (Å²) in [6.07, 6.45) is 2.06. The molecule has 1 fully saturated rings. The molecule has 1 aliphatic rings. The predicted molar refractivity (Wildman–Crippen MR) is 129 cm³/mol. The lowest BCUT2D eigenvalue weighted by molar-refractivity contribution is 0.0951. The van der Waals surface area contributed by atoms with E-state index < -0.39 is 0 Å². The molecule has 33 heavy (non-hydrogen) atoms. The van der Waals surface area contributed by atoms with Gasteiger partial charge in [0.15, 0.2) is 0 Å². The quantitative estimate of drug-likeness (QED) is 0.436. The first-order valence-corrected chi connectivity index (χ1v) is 11.6. The Morgan fingerprint density at radius 3 is 2.76 bits per heavy atom. The molecule has 0 saturated heterocycles. The first-order chi connectivity index (χ1) is 16.1. The van der Waals surface area contributed by atoms with E-state index in [1.807, 2.05) is 47.8 Å². The van der Waals surface area contributed by atoms with Crippen LogP contribution in [0.4, 0.5) is 5.69 Å². The van der Waals surface area contributed by atoms with Gasteiger partial charge in [-0.2, -0.15) is 5.26 Å². The molecule has 8 heteroatoms. The Kier molecular flexibility index (Phi) is 5.63. The number of aromatic nitrogens is 2. The minimum Gasteiger partial charge on any atom is -0.378 e. The average Bonchev–Trinajstić information content (AvgIpc) is 3.55.